The van der Waals surface area contributed by atoms with Gasteiger partial charge in [-0.3, -0.25) is 0 Å². The summed E-state index contributed by atoms with van der Waals surface area (Å²) in [5.74, 6) is -1.16. The minimum atomic E-state index is -1.57. The van der Waals surface area contributed by atoms with Crippen molar-refractivity contribution in [2.24, 2.45) is 10.4 Å². The van der Waals surface area contributed by atoms with E-state index in [4.69, 9.17) is 16.2 Å². The Labute approximate surface area is 77.2 Å². The lowest BCUT2D eigenvalue weighted by Crippen LogP contribution is -2.23. The predicted molar refractivity (Wildman–Crippen MR) is 41.2 cm³/mol. The summed E-state index contributed by atoms with van der Waals surface area (Å²) in [5, 5.41) is 13.7. The molecule has 1 unspecified atom stereocenters. The van der Waals surface area contributed by atoms with Crippen LogP contribution in [0.3, 0.4) is 0 Å². The molecule has 0 radical (unpaired) electrons. The molecule has 1 atom stereocenters. The first-order valence-corrected chi connectivity index (χ1v) is 3.28. The van der Waals surface area contributed by atoms with Gasteiger partial charge in [0.05, 0.1) is 13.2 Å². The molecule has 0 aromatic rings. The van der Waals surface area contributed by atoms with Gasteiger partial charge >= 0.3 is 5.97 Å². The minimum Gasteiger partial charge on any atom is -0.394 e. The van der Waals surface area contributed by atoms with Gasteiger partial charge in [0.1, 0.15) is 5.28 Å². The first kappa shape index (κ1) is 12.0. The zero-order chi connectivity index (χ0) is 10.8. The van der Waals surface area contributed by atoms with Gasteiger partial charge < -0.3 is 14.7 Å². The van der Waals surface area contributed by atoms with Gasteiger partial charge in [0, 0.05) is 9.82 Å². The van der Waals surface area contributed by atoms with Crippen molar-refractivity contribution in [1.82, 2.24) is 0 Å². The van der Waals surface area contributed by atoms with E-state index in [1.54, 1.807) is 0 Å². The Kier molecular flexibility index (Phi) is 6.56. The van der Waals surface area contributed by atoms with Gasteiger partial charge in [-0.1, -0.05) is 5.11 Å². The summed E-state index contributed by atoms with van der Waals surface area (Å²) in [7, 11) is 0. The second kappa shape index (κ2) is 7.65. The molecule has 0 aliphatic rings. The maximum absolute atomic E-state index is 10.8. The summed E-state index contributed by atoms with van der Waals surface area (Å²) >= 11 is 0. The molecular weight excluding hydrogens is 196 g/mol. The third-order valence-corrected chi connectivity index (χ3v) is 0.892. The maximum Gasteiger partial charge on any atom is 0.353 e. The number of rotatable bonds is 6. The molecule has 0 amide bonds. The van der Waals surface area contributed by atoms with Crippen LogP contribution in [0.15, 0.2) is 10.4 Å². The molecule has 10 nitrogen and oxygen atoms in total. The third kappa shape index (κ3) is 4.80. The first-order chi connectivity index (χ1) is 6.76. The van der Waals surface area contributed by atoms with Gasteiger partial charge in [-0.05, 0) is 11.1 Å². The molecule has 1 N–H and O–H groups in total. The Morgan fingerprint density at radius 2 is 2.21 bits per heavy atom. The molecule has 76 valence electrons. The monoisotopic (exact) mass is 202 g/mol. The standard InChI is InChI=1S/C4H6N6O4/c5-8-7-3(13-2-1-11)4(12)14-10-9-6/h3,11H,1-2H2. The highest BCUT2D eigenvalue weighted by Crippen LogP contribution is 1.98. The van der Waals surface area contributed by atoms with E-state index in [0.29, 0.717) is 0 Å². The second-order valence-corrected chi connectivity index (χ2v) is 1.73. The molecule has 0 fully saturated rings. The molecule has 0 aromatic heterocycles. The Morgan fingerprint density at radius 3 is 2.71 bits per heavy atom. The van der Waals surface area contributed by atoms with Crippen molar-refractivity contribution < 1.29 is 19.5 Å². The lowest BCUT2D eigenvalue weighted by molar-refractivity contribution is -0.157. The second-order valence-electron chi connectivity index (χ2n) is 1.73. The van der Waals surface area contributed by atoms with E-state index in [-0.39, 0.29) is 13.2 Å². The molecule has 0 heterocycles. The Hall–Kier alpha value is -1.99. The molecular formula is C4H6N6O4. The number of azide groups is 2. The Morgan fingerprint density at radius 1 is 1.50 bits per heavy atom. The minimum absolute atomic E-state index is 0.213. The van der Waals surface area contributed by atoms with Crippen LogP contribution in [0.4, 0.5) is 0 Å². The summed E-state index contributed by atoms with van der Waals surface area (Å²) in [4.78, 5) is 19.2. The van der Waals surface area contributed by atoms with Crippen LogP contribution in [-0.2, 0) is 14.4 Å². The van der Waals surface area contributed by atoms with Crippen molar-refractivity contribution in [2.45, 2.75) is 6.23 Å². The van der Waals surface area contributed by atoms with Crippen molar-refractivity contribution in [1.29, 1.82) is 0 Å². The molecule has 0 rings (SSSR count). The number of carbonyl (C=O) groups excluding carboxylic acids is 1. The molecule has 0 spiro atoms. The molecule has 0 aliphatic heterocycles. The van der Waals surface area contributed by atoms with E-state index in [9.17, 15) is 4.79 Å². The smallest absolute Gasteiger partial charge is 0.353 e. The lowest BCUT2D eigenvalue weighted by Gasteiger charge is -2.07. The molecule has 0 aliphatic carbocycles. The normalized spacial score (nSPS) is 10.6. The summed E-state index contributed by atoms with van der Waals surface area (Å²) in [5.41, 5.74) is 15.8. The summed E-state index contributed by atoms with van der Waals surface area (Å²) in [6, 6.07) is 0. The highest BCUT2D eigenvalue weighted by atomic mass is 16.7. The van der Waals surface area contributed by atoms with Gasteiger partial charge in [0.2, 0.25) is 6.23 Å². The molecule has 0 aromatic carbocycles. The topological polar surface area (TPSA) is 153 Å². The fraction of sp³-hybridized carbons (Fsp3) is 0.750. The van der Waals surface area contributed by atoms with E-state index in [1.807, 2.05) is 0 Å². The van der Waals surface area contributed by atoms with Crippen LogP contribution in [0.5, 0.6) is 0 Å². The van der Waals surface area contributed by atoms with Crippen LogP contribution in [0.25, 0.3) is 20.9 Å². The predicted octanol–water partition coefficient (Wildman–Crippen LogP) is 0.400. The van der Waals surface area contributed by atoms with Crippen molar-refractivity contribution in [3.63, 3.8) is 0 Å². The van der Waals surface area contributed by atoms with Crippen LogP contribution in [0.2, 0.25) is 0 Å². The summed E-state index contributed by atoms with van der Waals surface area (Å²) in [6.45, 7) is -0.568. The fourth-order valence-electron chi connectivity index (χ4n) is 0.463. The van der Waals surface area contributed by atoms with Crippen molar-refractivity contribution in [3.05, 3.63) is 20.9 Å². The number of ether oxygens (including phenoxy) is 1. The van der Waals surface area contributed by atoms with Crippen LogP contribution in [0, 0.1) is 0 Å². The van der Waals surface area contributed by atoms with E-state index in [1.165, 1.54) is 0 Å². The van der Waals surface area contributed by atoms with E-state index < -0.39 is 12.2 Å². The average molecular weight is 202 g/mol. The van der Waals surface area contributed by atoms with Crippen LogP contribution < -0.4 is 0 Å². The average Bonchev–Trinajstić information content (AvgIpc) is 2.20. The lowest BCUT2D eigenvalue weighted by atomic mass is 10.6. The number of hydrogen-bond acceptors (Lipinski definition) is 6. The van der Waals surface area contributed by atoms with E-state index >= 15 is 0 Å². The van der Waals surface area contributed by atoms with Crippen molar-refractivity contribution in [3.8, 4) is 0 Å². The SMILES string of the molecule is [N-]=[N+]=NOC(=O)C(N=[N+]=[N-])OCCO. The number of hydrogen-bond donors (Lipinski definition) is 1. The zero-order valence-corrected chi connectivity index (χ0v) is 6.85. The Bertz CT molecular complexity index is 280. The van der Waals surface area contributed by atoms with Crippen molar-refractivity contribution >= 4 is 5.97 Å². The molecule has 0 saturated carbocycles. The van der Waals surface area contributed by atoms with E-state index in [2.05, 4.69) is 29.8 Å². The zero-order valence-electron chi connectivity index (χ0n) is 6.85. The number of aliphatic hydroxyl groups excluding tert-OH is 1. The number of aliphatic hydroxyl groups is 1. The molecule has 10 heteroatoms. The number of carbonyl (C=O) groups is 1. The third-order valence-electron chi connectivity index (χ3n) is 0.892. The van der Waals surface area contributed by atoms with Gasteiger partial charge in [-0.25, -0.2) is 4.79 Å². The molecule has 0 saturated heterocycles. The van der Waals surface area contributed by atoms with Crippen LogP contribution in [0.1, 0.15) is 0 Å². The quantitative estimate of drug-likeness (QED) is 0.286. The van der Waals surface area contributed by atoms with Crippen LogP contribution in [-0.4, -0.2) is 30.5 Å². The Balaban J connectivity index is 4.24. The fourth-order valence-corrected chi connectivity index (χ4v) is 0.463. The molecule has 14 heavy (non-hydrogen) atoms. The van der Waals surface area contributed by atoms with Gasteiger partial charge in [0.25, 0.3) is 0 Å². The highest BCUT2D eigenvalue weighted by molar-refractivity contribution is 5.74. The summed E-state index contributed by atoms with van der Waals surface area (Å²) < 4.78 is 4.56. The number of nitrogens with zero attached hydrogens (tertiary/aromatic N) is 6. The maximum atomic E-state index is 10.8. The first-order valence-electron chi connectivity index (χ1n) is 3.28. The van der Waals surface area contributed by atoms with E-state index in [0.717, 1.165) is 0 Å². The van der Waals surface area contributed by atoms with Crippen molar-refractivity contribution in [2.75, 3.05) is 13.2 Å². The van der Waals surface area contributed by atoms with Crippen LogP contribution >= 0.6 is 0 Å². The van der Waals surface area contributed by atoms with Gasteiger partial charge in [-0.2, -0.15) is 0 Å². The largest absolute Gasteiger partial charge is 0.394 e. The van der Waals surface area contributed by atoms with Gasteiger partial charge in [0.15, 0.2) is 0 Å². The van der Waals surface area contributed by atoms with Gasteiger partial charge in [-0.15, -0.1) is 0 Å². The molecule has 0 bridgehead atoms. The summed E-state index contributed by atoms with van der Waals surface area (Å²) in [6.07, 6.45) is -1.57. The highest BCUT2D eigenvalue weighted by Gasteiger charge is 2.18.